The number of fused-ring (bicyclic) bond motifs is 1. The van der Waals surface area contributed by atoms with E-state index < -0.39 is 20.9 Å². The van der Waals surface area contributed by atoms with Crippen LogP contribution in [0.1, 0.15) is 49.6 Å². The van der Waals surface area contributed by atoms with Gasteiger partial charge in [-0.2, -0.15) is 0 Å². The van der Waals surface area contributed by atoms with Gasteiger partial charge in [-0.05, 0) is 70.3 Å². The number of hydrogen-bond donors (Lipinski definition) is 1. The molecule has 0 amide bonds. The second-order valence-corrected chi connectivity index (χ2v) is 14.9. The first-order valence-electron chi connectivity index (χ1n) is 14.1. The molecule has 1 atom stereocenters. The zero-order valence-electron chi connectivity index (χ0n) is 24.7. The summed E-state index contributed by atoms with van der Waals surface area (Å²) in [5.41, 5.74) is 2.51. The molecule has 0 spiro atoms. The van der Waals surface area contributed by atoms with Crippen LogP contribution >= 0.6 is 26.5 Å². The van der Waals surface area contributed by atoms with Gasteiger partial charge >= 0.3 is 15.2 Å². The number of thiazole rings is 1. The minimum absolute atomic E-state index is 0.156. The Kier molecular flexibility index (Phi) is 11.5. The first kappa shape index (κ1) is 32.6. The van der Waals surface area contributed by atoms with Crippen LogP contribution < -0.4 is 4.74 Å². The zero-order valence-corrected chi connectivity index (χ0v) is 27.3. The number of pyridine rings is 1. The van der Waals surface area contributed by atoms with Gasteiger partial charge in [0.05, 0.1) is 44.9 Å². The lowest BCUT2D eigenvalue weighted by atomic mass is 10.2. The van der Waals surface area contributed by atoms with Crippen molar-refractivity contribution >= 4 is 37.4 Å². The summed E-state index contributed by atoms with van der Waals surface area (Å²) in [5.74, 6) is 0.682. The standard InChI is InChI=1S/C29H39N3O7P2S/c1-6-36-40(33,37-7-2)20-28(41(34,38-8-3)39-9-4)27-18-23-10-11-24(19-26(23)31-27)35-17-14-25-21(5)42-29(32-25)22-12-15-30-16-13-22/h10-13,15-16,18-19,28,31H,6-9,14,17,20H2,1-5H3. The van der Waals surface area contributed by atoms with E-state index in [-0.39, 0.29) is 32.6 Å². The van der Waals surface area contributed by atoms with Gasteiger partial charge in [-0.25, -0.2) is 4.98 Å². The average Bonchev–Trinajstić information content (AvgIpc) is 3.55. The summed E-state index contributed by atoms with van der Waals surface area (Å²) in [4.78, 5) is 13.4. The summed E-state index contributed by atoms with van der Waals surface area (Å²) in [6.45, 7) is 10.2. The van der Waals surface area contributed by atoms with Crippen molar-refractivity contribution < 1.29 is 32.0 Å². The second-order valence-electron chi connectivity index (χ2n) is 9.35. The largest absolute Gasteiger partial charge is 0.493 e. The third-order valence-electron chi connectivity index (χ3n) is 6.45. The quantitative estimate of drug-likeness (QED) is 0.114. The van der Waals surface area contributed by atoms with E-state index in [2.05, 4.69) is 16.9 Å². The van der Waals surface area contributed by atoms with Crippen molar-refractivity contribution in [2.75, 3.05) is 39.2 Å². The van der Waals surface area contributed by atoms with Crippen LogP contribution in [0.15, 0.2) is 48.8 Å². The number of aryl methyl sites for hydroxylation is 1. The molecule has 1 N–H and O–H groups in total. The topological polar surface area (TPSA) is 122 Å². The number of benzene rings is 1. The molecule has 0 saturated heterocycles. The number of aromatic amines is 1. The number of ether oxygens (including phenoxy) is 1. The van der Waals surface area contributed by atoms with Gasteiger partial charge in [-0.15, -0.1) is 11.3 Å². The molecule has 0 saturated carbocycles. The number of nitrogens with one attached hydrogen (secondary N) is 1. The monoisotopic (exact) mass is 635 g/mol. The SMILES string of the molecule is CCOP(=O)(CC(c1cc2ccc(OCCc3nc(-c4ccncc4)sc3C)cc2[nH]1)P(=O)(OCC)OCC)OCC. The van der Waals surface area contributed by atoms with Crippen LogP contribution in [0, 0.1) is 6.92 Å². The molecule has 4 aromatic rings. The molecule has 228 valence electrons. The van der Waals surface area contributed by atoms with Crippen molar-refractivity contribution in [3.63, 3.8) is 0 Å². The number of rotatable bonds is 17. The zero-order chi connectivity index (χ0) is 30.2. The van der Waals surface area contributed by atoms with Crippen LogP contribution in [0.4, 0.5) is 0 Å². The van der Waals surface area contributed by atoms with Crippen molar-refractivity contribution in [3.05, 3.63) is 65.1 Å². The summed E-state index contributed by atoms with van der Waals surface area (Å²) in [6, 6.07) is 11.5. The van der Waals surface area contributed by atoms with Crippen molar-refractivity contribution in [1.29, 1.82) is 0 Å². The number of aromatic nitrogens is 3. The van der Waals surface area contributed by atoms with Gasteiger partial charge in [-0.3, -0.25) is 14.1 Å². The molecular formula is C29H39N3O7P2S. The van der Waals surface area contributed by atoms with Crippen LogP contribution in [-0.4, -0.2) is 54.1 Å². The van der Waals surface area contributed by atoms with E-state index in [1.807, 2.05) is 36.4 Å². The van der Waals surface area contributed by atoms with Crippen molar-refractivity contribution in [1.82, 2.24) is 15.0 Å². The van der Waals surface area contributed by atoms with Crippen molar-refractivity contribution in [2.45, 2.75) is 46.7 Å². The fourth-order valence-corrected chi connectivity index (χ4v) is 10.3. The Morgan fingerprint density at radius 3 is 2.21 bits per heavy atom. The highest BCUT2D eigenvalue weighted by molar-refractivity contribution is 7.58. The Morgan fingerprint density at radius 1 is 0.905 bits per heavy atom. The number of hydrogen-bond acceptors (Lipinski definition) is 10. The molecule has 13 heteroatoms. The molecule has 0 fully saturated rings. The predicted octanol–water partition coefficient (Wildman–Crippen LogP) is 8.19. The molecule has 0 aliphatic carbocycles. The highest BCUT2D eigenvalue weighted by Crippen LogP contribution is 2.66. The molecule has 0 aliphatic rings. The molecule has 42 heavy (non-hydrogen) atoms. The molecule has 1 unspecified atom stereocenters. The highest BCUT2D eigenvalue weighted by Gasteiger charge is 2.44. The first-order valence-corrected chi connectivity index (χ1v) is 18.3. The normalized spacial score (nSPS) is 13.1. The highest BCUT2D eigenvalue weighted by atomic mass is 32.1. The third-order valence-corrected chi connectivity index (χ3v) is 12.4. The molecule has 10 nitrogen and oxygen atoms in total. The molecule has 4 rings (SSSR count). The smallest absolute Gasteiger partial charge is 0.340 e. The molecular weight excluding hydrogens is 596 g/mol. The molecule has 0 radical (unpaired) electrons. The van der Waals surface area contributed by atoms with Gasteiger partial charge in [0.15, 0.2) is 0 Å². The third kappa shape index (κ3) is 7.97. The molecule has 1 aromatic carbocycles. The minimum atomic E-state index is -3.74. The van der Waals surface area contributed by atoms with Gasteiger partial charge in [0, 0.05) is 46.5 Å². The Balaban J connectivity index is 1.54. The fourth-order valence-electron chi connectivity index (χ4n) is 4.64. The lowest BCUT2D eigenvalue weighted by Crippen LogP contribution is -2.14. The lowest BCUT2D eigenvalue weighted by molar-refractivity contribution is 0.203. The van der Waals surface area contributed by atoms with E-state index in [4.69, 9.17) is 27.8 Å². The predicted molar refractivity (Wildman–Crippen MR) is 167 cm³/mol. The summed E-state index contributed by atoms with van der Waals surface area (Å²) in [5, 5.41) is 1.84. The number of nitrogens with zero attached hydrogens (tertiary/aromatic N) is 2. The van der Waals surface area contributed by atoms with Crippen LogP contribution in [0.2, 0.25) is 0 Å². The second kappa shape index (κ2) is 14.9. The number of H-pyrrole nitrogens is 1. The molecule has 0 bridgehead atoms. The van der Waals surface area contributed by atoms with Crippen LogP contribution in [-0.2, 0) is 33.6 Å². The first-order chi connectivity index (χ1) is 20.2. The summed E-state index contributed by atoms with van der Waals surface area (Å²) < 4.78 is 56.1. The van der Waals surface area contributed by atoms with Crippen molar-refractivity contribution in [2.24, 2.45) is 0 Å². The van der Waals surface area contributed by atoms with Crippen LogP contribution in [0.5, 0.6) is 5.75 Å². The van der Waals surface area contributed by atoms with Crippen LogP contribution in [0.25, 0.3) is 21.5 Å². The van der Waals surface area contributed by atoms with E-state index in [0.717, 1.165) is 32.0 Å². The maximum absolute atomic E-state index is 14.0. The Hall–Kier alpha value is -2.36. The van der Waals surface area contributed by atoms with Gasteiger partial charge in [0.2, 0.25) is 0 Å². The van der Waals surface area contributed by atoms with Gasteiger partial charge in [0.25, 0.3) is 0 Å². The lowest BCUT2D eigenvalue weighted by Gasteiger charge is -2.28. The fraction of sp³-hybridized carbons (Fsp3) is 0.448. The van der Waals surface area contributed by atoms with E-state index >= 15 is 0 Å². The Bertz CT molecular complexity index is 1520. The van der Waals surface area contributed by atoms with E-state index in [0.29, 0.717) is 24.5 Å². The van der Waals surface area contributed by atoms with Gasteiger partial charge in [-0.1, -0.05) is 0 Å². The van der Waals surface area contributed by atoms with E-state index in [1.165, 1.54) is 0 Å². The van der Waals surface area contributed by atoms with Crippen molar-refractivity contribution in [3.8, 4) is 16.3 Å². The van der Waals surface area contributed by atoms with E-state index in [1.54, 1.807) is 51.4 Å². The molecule has 3 aromatic heterocycles. The molecule has 0 aliphatic heterocycles. The Morgan fingerprint density at radius 2 is 1.57 bits per heavy atom. The van der Waals surface area contributed by atoms with E-state index in [9.17, 15) is 9.13 Å². The summed E-state index contributed by atoms with van der Waals surface area (Å²) in [7, 11) is -7.33. The average molecular weight is 636 g/mol. The molecule has 3 heterocycles. The van der Waals surface area contributed by atoms with Gasteiger partial charge < -0.3 is 27.8 Å². The Labute approximate surface area is 251 Å². The summed E-state index contributed by atoms with van der Waals surface area (Å²) in [6.07, 6.45) is 4.04. The summed E-state index contributed by atoms with van der Waals surface area (Å²) >= 11 is 1.66. The maximum Gasteiger partial charge on any atom is 0.340 e. The minimum Gasteiger partial charge on any atom is -0.493 e. The van der Waals surface area contributed by atoms with Gasteiger partial charge in [0.1, 0.15) is 16.4 Å². The maximum atomic E-state index is 14.0. The van der Waals surface area contributed by atoms with Crippen LogP contribution in [0.3, 0.4) is 0 Å².